The van der Waals surface area contributed by atoms with Crippen LogP contribution in [0.15, 0.2) is 0 Å². The molecule has 19 heavy (non-hydrogen) atoms. The molecule has 4 heteroatoms. The fourth-order valence-electron chi connectivity index (χ4n) is 3.37. The number of hydrogen-bond donors (Lipinski definition) is 1. The first kappa shape index (κ1) is 13.4. The molecule has 0 aromatic heterocycles. The summed E-state index contributed by atoms with van der Waals surface area (Å²) in [7, 11) is 0. The van der Waals surface area contributed by atoms with Crippen molar-refractivity contribution in [3.63, 3.8) is 0 Å². The van der Waals surface area contributed by atoms with Crippen molar-refractivity contribution in [2.75, 3.05) is 26.2 Å². The number of likely N-dealkylation sites (tertiary alicyclic amines) is 1. The van der Waals surface area contributed by atoms with E-state index < -0.39 is 0 Å². The van der Waals surface area contributed by atoms with Gasteiger partial charge in [-0.25, -0.2) is 0 Å². The molecule has 0 aromatic rings. The molecule has 0 bridgehead atoms. The van der Waals surface area contributed by atoms with Crippen molar-refractivity contribution < 1.29 is 9.53 Å². The quantitative estimate of drug-likeness (QED) is 0.839. The summed E-state index contributed by atoms with van der Waals surface area (Å²) in [4.78, 5) is 14.3. The van der Waals surface area contributed by atoms with Crippen LogP contribution in [0.25, 0.3) is 0 Å². The summed E-state index contributed by atoms with van der Waals surface area (Å²) in [5.74, 6) is 1.04. The average Bonchev–Trinajstić information content (AvgIpc) is 3.21. The van der Waals surface area contributed by atoms with Crippen LogP contribution in [0.5, 0.6) is 0 Å². The zero-order chi connectivity index (χ0) is 13.1. The largest absolute Gasteiger partial charge is 0.376 e. The normalized spacial score (nSPS) is 32.3. The maximum atomic E-state index is 12.2. The molecule has 1 amide bonds. The van der Waals surface area contributed by atoms with Gasteiger partial charge in [-0.1, -0.05) is 12.8 Å². The standard InChI is InChI=1S/C15H26N2O2/c18-14(17-8-3-1-2-4-9-17)11-16-13-7-10-19-15(13)12-5-6-12/h12-13,15-16H,1-11H2. The summed E-state index contributed by atoms with van der Waals surface area (Å²) in [5.41, 5.74) is 0. The van der Waals surface area contributed by atoms with Gasteiger partial charge in [0.25, 0.3) is 0 Å². The molecule has 108 valence electrons. The first-order valence-corrected chi connectivity index (χ1v) is 7.97. The summed E-state index contributed by atoms with van der Waals surface area (Å²) < 4.78 is 5.80. The Kier molecular flexibility index (Phi) is 4.38. The van der Waals surface area contributed by atoms with E-state index in [1.54, 1.807) is 0 Å². The van der Waals surface area contributed by atoms with Crippen LogP contribution in [0.4, 0.5) is 0 Å². The Labute approximate surface area is 115 Å². The van der Waals surface area contributed by atoms with Crippen LogP contribution in [-0.2, 0) is 9.53 Å². The number of carbonyl (C=O) groups excluding carboxylic acids is 1. The fourth-order valence-corrected chi connectivity index (χ4v) is 3.37. The Balaban J connectivity index is 1.44. The molecule has 2 heterocycles. The number of nitrogens with one attached hydrogen (secondary N) is 1. The van der Waals surface area contributed by atoms with Gasteiger partial charge in [0.2, 0.25) is 5.91 Å². The summed E-state index contributed by atoms with van der Waals surface area (Å²) in [6.45, 7) is 3.26. The third-order valence-corrected chi connectivity index (χ3v) is 4.70. The highest BCUT2D eigenvalue weighted by molar-refractivity contribution is 5.78. The zero-order valence-corrected chi connectivity index (χ0v) is 11.8. The van der Waals surface area contributed by atoms with Gasteiger partial charge in [-0.15, -0.1) is 0 Å². The molecule has 0 aromatic carbocycles. The second kappa shape index (κ2) is 6.23. The van der Waals surface area contributed by atoms with Crippen molar-refractivity contribution in [1.82, 2.24) is 10.2 Å². The summed E-state index contributed by atoms with van der Waals surface area (Å²) in [6, 6.07) is 0.406. The molecule has 2 saturated heterocycles. The molecular formula is C15H26N2O2. The minimum absolute atomic E-state index is 0.281. The highest BCUT2D eigenvalue weighted by atomic mass is 16.5. The lowest BCUT2D eigenvalue weighted by Gasteiger charge is -2.23. The van der Waals surface area contributed by atoms with Crippen molar-refractivity contribution in [1.29, 1.82) is 0 Å². The highest BCUT2D eigenvalue weighted by Crippen LogP contribution is 2.38. The highest BCUT2D eigenvalue weighted by Gasteiger charge is 2.40. The summed E-state index contributed by atoms with van der Waals surface area (Å²) >= 11 is 0. The maximum Gasteiger partial charge on any atom is 0.236 e. The number of hydrogen-bond acceptors (Lipinski definition) is 3. The molecule has 2 aliphatic heterocycles. The number of rotatable bonds is 4. The first-order valence-electron chi connectivity index (χ1n) is 7.97. The minimum Gasteiger partial charge on any atom is -0.376 e. The fraction of sp³-hybridized carbons (Fsp3) is 0.933. The van der Waals surface area contributed by atoms with Crippen LogP contribution >= 0.6 is 0 Å². The Morgan fingerprint density at radius 1 is 1.11 bits per heavy atom. The van der Waals surface area contributed by atoms with Gasteiger partial charge in [0.1, 0.15) is 0 Å². The molecule has 0 radical (unpaired) electrons. The van der Waals surface area contributed by atoms with E-state index in [2.05, 4.69) is 5.32 Å². The van der Waals surface area contributed by atoms with Crippen LogP contribution in [-0.4, -0.2) is 49.2 Å². The molecule has 2 atom stereocenters. The van der Waals surface area contributed by atoms with Crippen molar-refractivity contribution >= 4 is 5.91 Å². The monoisotopic (exact) mass is 266 g/mol. The van der Waals surface area contributed by atoms with Gasteiger partial charge in [0, 0.05) is 25.7 Å². The molecule has 1 aliphatic carbocycles. The lowest BCUT2D eigenvalue weighted by Crippen LogP contribution is -2.45. The van der Waals surface area contributed by atoms with Crippen molar-refractivity contribution in [3.05, 3.63) is 0 Å². The van der Waals surface area contributed by atoms with Gasteiger partial charge in [0.05, 0.1) is 12.6 Å². The maximum absolute atomic E-state index is 12.2. The third-order valence-electron chi connectivity index (χ3n) is 4.70. The van der Waals surface area contributed by atoms with Crippen molar-refractivity contribution in [3.8, 4) is 0 Å². The number of amides is 1. The number of ether oxygens (including phenoxy) is 1. The van der Waals surface area contributed by atoms with Crippen LogP contribution < -0.4 is 5.32 Å². The molecule has 0 spiro atoms. The van der Waals surface area contributed by atoms with Crippen LogP contribution in [0.1, 0.15) is 44.9 Å². The average molecular weight is 266 g/mol. The summed E-state index contributed by atoms with van der Waals surface area (Å²) in [5, 5.41) is 3.45. The molecule has 2 unspecified atom stereocenters. The van der Waals surface area contributed by atoms with E-state index in [4.69, 9.17) is 4.74 Å². The van der Waals surface area contributed by atoms with Crippen LogP contribution in [0, 0.1) is 5.92 Å². The Hall–Kier alpha value is -0.610. The van der Waals surface area contributed by atoms with E-state index in [1.165, 1.54) is 38.5 Å². The third kappa shape index (κ3) is 3.48. The lowest BCUT2D eigenvalue weighted by atomic mass is 10.1. The van der Waals surface area contributed by atoms with E-state index >= 15 is 0 Å². The van der Waals surface area contributed by atoms with Crippen LogP contribution in [0.2, 0.25) is 0 Å². The molecule has 3 aliphatic rings. The Bertz CT molecular complexity index is 309. The van der Waals surface area contributed by atoms with E-state index in [9.17, 15) is 4.79 Å². The van der Waals surface area contributed by atoms with Crippen molar-refractivity contribution in [2.45, 2.75) is 57.1 Å². The Morgan fingerprint density at radius 3 is 2.53 bits per heavy atom. The SMILES string of the molecule is O=C(CNC1CCOC1C1CC1)N1CCCCCC1. The molecule has 3 rings (SSSR count). The van der Waals surface area contributed by atoms with Gasteiger partial charge in [-0.05, 0) is 38.0 Å². The number of nitrogens with zero attached hydrogens (tertiary/aromatic N) is 1. The van der Waals surface area contributed by atoms with E-state index in [-0.39, 0.29) is 5.91 Å². The lowest BCUT2D eigenvalue weighted by molar-refractivity contribution is -0.130. The topological polar surface area (TPSA) is 41.6 Å². The smallest absolute Gasteiger partial charge is 0.236 e. The van der Waals surface area contributed by atoms with Gasteiger partial charge in [0.15, 0.2) is 0 Å². The molecule has 3 fully saturated rings. The molecule has 1 saturated carbocycles. The second-order valence-corrected chi connectivity index (χ2v) is 6.24. The first-order chi connectivity index (χ1) is 9.34. The number of carbonyl (C=O) groups is 1. The van der Waals surface area contributed by atoms with Gasteiger partial charge in [-0.2, -0.15) is 0 Å². The summed E-state index contributed by atoms with van der Waals surface area (Å²) in [6.07, 6.45) is 8.94. The predicted octanol–water partition coefficient (Wildman–Crippen LogP) is 1.55. The van der Waals surface area contributed by atoms with E-state index in [1.807, 2.05) is 4.90 Å². The van der Waals surface area contributed by atoms with Crippen molar-refractivity contribution in [2.24, 2.45) is 5.92 Å². The minimum atomic E-state index is 0.281. The zero-order valence-electron chi connectivity index (χ0n) is 11.8. The van der Waals surface area contributed by atoms with E-state index in [0.29, 0.717) is 18.7 Å². The van der Waals surface area contributed by atoms with Crippen LogP contribution in [0.3, 0.4) is 0 Å². The van der Waals surface area contributed by atoms with Gasteiger partial charge >= 0.3 is 0 Å². The second-order valence-electron chi connectivity index (χ2n) is 6.24. The molecule has 4 nitrogen and oxygen atoms in total. The van der Waals surface area contributed by atoms with Gasteiger partial charge in [-0.3, -0.25) is 4.79 Å². The van der Waals surface area contributed by atoms with E-state index in [0.717, 1.165) is 32.0 Å². The van der Waals surface area contributed by atoms with Gasteiger partial charge < -0.3 is 15.0 Å². The molecule has 1 N–H and O–H groups in total. The Morgan fingerprint density at radius 2 is 1.84 bits per heavy atom. The molecular weight excluding hydrogens is 240 g/mol. The predicted molar refractivity (Wildman–Crippen MR) is 73.9 cm³/mol.